The zero-order valence-corrected chi connectivity index (χ0v) is 8.96. The smallest absolute Gasteiger partial charge is 0.142 e. The van der Waals surface area contributed by atoms with Gasteiger partial charge in [-0.2, -0.15) is 0 Å². The number of rotatable bonds is 5. The minimum Gasteiger partial charge on any atom is -0.494 e. The highest BCUT2D eigenvalue weighted by Gasteiger charge is 2.03. The molecule has 78 valence electrons. The van der Waals surface area contributed by atoms with Gasteiger partial charge in [0.2, 0.25) is 0 Å². The Bertz CT molecular complexity index is 287. The molecule has 0 aromatic heterocycles. The van der Waals surface area contributed by atoms with Crippen molar-refractivity contribution < 1.29 is 9.47 Å². The minimum absolute atomic E-state index is 0.669. The van der Waals surface area contributed by atoms with Crippen LogP contribution in [0.15, 0.2) is 18.2 Å². The molecular weight excluding hydrogens is 178 g/mol. The molecule has 0 heterocycles. The van der Waals surface area contributed by atoms with Crippen molar-refractivity contribution >= 4 is 5.69 Å². The summed E-state index contributed by atoms with van der Waals surface area (Å²) in [7, 11) is 1.87. The maximum atomic E-state index is 5.44. The molecule has 3 nitrogen and oxygen atoms in total. The van der Waals surface area contributed by atoms with Crippen LogP contribution in [0, 0.1) is 0 Å². The molecule has 0 bridgehead atoms. The van der Waals surface area contributed by atoms with Gasteiger partial charge in [0.15, 0.2) is 0 Å². The molecule has 0 saturated heterocycles. The van der Waals surface area contributed by atoms with Crippen LogP contribution in [0.1, 0.15) is 13.8 Å². The van der Waals surface area contributed by atoms with Crippen molar-refractivity contribution in [1.82, 2.24) is 0 Å². The van der Waals surface area contributed by atoms with Crippen molar-refractivity contribution in [3.63, 3.8) is 0 Å². The van der Waals surface area contributed by atoms with E-state index in [1.54, 1.807) is 0 Å². The van der Waals surface area contributed by atoms with Gasteiger partial charge in [-0.15, -0.1) is 0 Å². The molecule has 1 aromatic rings. The van der Waals surface area contributed by atoms with Gasteiger partial charge in [0.25, 0.3) is 0 Å². The average Bonchev–Trinajstić information content (AvgIpc) is 2.21. The molecule has 0 amide bonds. The summed E-state index contributed by atoms with van der Waals surface area (Å²) in [5.41, 5.74) is 0.956. The standard InChI is InChI=1S/C11H17NO2/c1-4-13-9-6-7-11(14-5-2)10(8-9)12-3/h6-8,12H,4-5H2,1-3H3. The van der Waals surface area contributed by atoms with Crippen LogP contribution in [0.5, 0.6) is 11.5 Å². The summed E-state index contributed by atoms with van der Waals surface area (Å²) in [6.45, 7) is 5.28. The van der Waals surface area contributed by atoms with Gasteiger partial charge in [-0.05, 0) is 26.0 Å². The van der Waals surface area contributed by atoms with Gasteiger partial charge in [-0.3, -0.25) is 0 Å². The van der Waals surface area contributed by atoms with Gasteiger partial charge in [0.05, 0.1) is 18.9 Å². The van der Waals surface area contributed by atoms with E-state index in [4.69, 9.17) is 9.47 Å². The lowest BCUT2D eigenvalue weighted by Gasteiger charge is -2.11. The molecular formula is C11H17NO2. The van der Waals surface area contributed by atoms with Crippen molar-refractivity contribution in [1.29, 1.82) is 0 Å². The van der Waals surface area contributed by atoms with Crippen LogP contribution in [-0.4, -0.2) is 20.3 Å². The molecule has 1 rings (SSSR count). The van der Waals surface area contributed by atoms with Gasteiger partial charge in [-0.25, -0.2) is 0 Å². The van der Waals surface area contributed by atoms with E-state index in [0.29, 0.717) is 13.2 Å². The lowest BCUT2D eigenvalue weighted by molar-refractivity contribution is 0.332. The summed E-state index contributed by atoms with van der Waals surface area (Å²) in [6, 6.07) is 5.77. The van der Waals surface area contributed by atoms with Gasteiger partial charge in [-0.1, -0.05) is 0 Å². The summed E-state index contributed by atoms with van der Waals surface area (Å²) in [5.74, 6) is 1.72. The summed E-state index contributed by atoms with van der Waals surface area (Å²) < 4.78 is 10.8. The highest BCUT2D eigenvalue weighted by molar-refractivity contribution is 5.59. The molecule has 3 heteroatoms. The van der Waals surface area contributed by atoms with Gasteiger partial charge < -0.3 is 14.8 Å². The Balaban J connectivity index is 2.87. The molecule has 0 aliphatic carbocycles. The Hall–Kier alpha value is -1.38. The molecule has 14 heavy (non-hydrogen) atoms. The first-order valence-electron chi connectivity index (χ1n) is 4.89. The Morgan fingerprint density at radius 2 is 1.86 bits per heavy atom. The first-order chi connectivity index (χ1) is 6.81. The van der Waals surface area contributed by atoms with E-state index in [0.717, 1.165) is 17.2 Å². The number of anilines is 1. The summed E-state index contributed by atoms with van der Waals surface area (Å²) in [4.78, 5) is 0. The lowest BCUT2D eigenvalue weighted by Crippen LogP contribution is -1.99. The predicted molar refractivity (Wildman–Crippen MR) is 58.3 cm³/mol. The normalized spacial score (nSPS) is 9.64. The molecule has 0 aliphatic rings. The number of benzene rings is 1. The minimum atomic E-state index is 0.669. The molecule has 0 unspecified atom stereocenters. The SMILES string of the molecule is CCOc1ccc(OCC)c(NC)c1. The van der Waals surface area contributed by atoms with Crippen molar-refractivity contribution in [3.8, 4) is 11.5 Å². The van der Waals surface area contributed by atoms with Crippen molar-refractivity contribution in [2.75, 3.05) is 25.6 Å². The molecule has 0 aliphatic heterocycles. The molecule has 0 saturated carbocycles. The van der Waals surface area contributed by atoms with Crippen LogP contribution in [0.25, 0.3) is 0 Å². The Morgan fingerprint density at radius 1 is 1.14 bits per heavy atom. The summed E-state index contributed by atoms with van der Waals surface area (Å²) in [6.07, 6.45) is 0. The largest absolute Gasteiger partial charge is 0.494 e. The maximum Gasteiger partial charge on any atom is 0.142 e. The summed E-state index contributed by atoms with van der Waals surface area (Å²) >= 11 is 0. The van der Waals surface area contributed by atoms with E-state index in [1.807, 2.05) is 39.1 Å². The van der Waals surface area contributed by atoms with Gasteiger partial charge in [0.1, 0.15) is 11.5 Å². The number of nitrogens with one attached hydrogen (secondary N) is 1. The first kappa shape index (κ1) is 10.7. The fraction of sp³-hybridized carbons (Fsp3) is 0.455. The molecule has 1 N–H and O–H groups in total. The fourth-order valence-corrected chi connectivity index (χ4v) is 1.24. The number of hydrogen-bond donors (Lipinski definition) is 1. The quantitative estimate of drug-likeness (QED) is 0.783. The van der Waals surface area contributed by atoms with Crippen LogP contribution in [0.2, 0.25) is 0 Å². The third kappa shape index (κ3) is 2.55. The molecule has 1 aromatic carbocycles. The van der Waals surface area contributed by atoms with Gasteiger partial charge in [0, 0.05) is 13.1 Å². The molecule has 0 radical (unpaired) electrons. The van der Waals surface area contributed by atoms with Crippen LogP contribution < -0.4 is 14.8 Å². The van der Waals surface area contributed by atoms with Crippen LogP contribution >= 0.6 is 0 Å². The zero-order chi connectivity index (χ0) is 10.4. The van der Waals surface area contributed by atoms with E-state index in [9.17, 15) is 0 Å². The summed E-state index contributed by atoms with van der Waals surface area (Å²) in [5, 5.41) is 3.07. The Labute approximate surface area is 85.0 Å². The number of hydrogen-bond acceptors (Lipinski definition) is 3. The number of ether oxygens (including phenoxy) is 2. The van der Waals surface area contributed by atoms with E-state index in [1.165, 1.54) is 0 Å². The van der Waals surface area contributed by atoms with E-state index < -0.39 is 0 Å². The average molecular weight is 195 g/mol. The second-order valence-corrected chi connectivity index (χ2v) is 2.77. The van der Waals surface area contributed by atoms with E-state index in [-0.39, 0.29) is 0 Å². The maximum absolute atomic E-state index is 5.44. The fourth-order valence-electron chi connectivity index (χ4n) is 1.24. The van der Waals surface area contributed by atoms with Crippen molar-refractivity contribution in [3.05, 3.63) is 18.2 Å². The molecule has 0 atom stereocenters. The van der Waals surface area contributed by atoms with Gasteiger partial charge >= 0.3 is 0 Å². The third-order valence-electron chi connectivity index (χ3n) is 1.83. The topological polar surface area (TPSA) is 30.5 Å². The third-order valence-corrected chi connectivity index (χ3v) is 1.83. The zero-order valence-electron chi connectivity index (χ0n) is 8.96. The van der Waals surface area contributed by atoms with Crippen LogP contribution in [0.4, 0.5) is 5.69 Å². The Kier molecular flexibility index (Phi) is 4.11. The monoisotopic (exact) mass is 195 g/mol. The first-order valence-corrected chi connectivity index (χ1v) is 4.89. The van der Waals surface area contributed by atoms with Crippen molar-refractivity contribution in [2.24, 2.45) is 0 Å². The van der Waals surface area contributed by atoms with E-state index >= 15 is 0 Å². The highest BCUT2D eigenvalue weighted by Crippen LogP contribution is 2.28. The predicted octanol–water partition coefficient (Wildman–Crippen LogP) is 2.53. The van der Waals surface area contributed by atoms with E-state index in [2.05, 4.69) is 5.32 Å². The second-order valence-electron chi connectivity index (χ2n) is 2.77. The van der Waals surface area contributed by atoms with Crippen LogP contribution in [-0.2, 0) is 0 Å². The lowest BCUT2D eigenvalue weighted by atomic mass is 10.2. The molecule has 0 spiro atoms. The second kappa shape index (κ2) is 5.37. The Morgan fingerprint density at radius 3 is 2.43 bits per heavy atom. The van der Waals surface area contributed by atoms with Crippen molar-refractivity contribution in [2.45, 2.75) is 13.8 Å². The highest BCUT2D eigenvalue weighted by atomic mass is 16.5. The molecule has 0 fully saturated rings. The van der Waals surface area contributed by atoms with Crippen LogP contribution in [0.3, 0.4) is 0 Å².